The van der Waals surface area contributed by atoms with Crippen LogP contribution in [0.2, 0.25) is 5.02 Å². The Hall–Kier alpha value is -2.06. The largest absolute Gasteiger partial charge is 0.417 e. The molecule has 1 amide bonds. The Kier molecular flexibility index (Phi) is 4.51. The number of carbonyl (C=O) groups is 1. The monoisotopic (exact) mass is 431 g/mol. The standard InChI is InChI=1S/C16H10BrClF3N3O/c1-8-13(15(25)23-11-4-2-3-10(17)6-11)24-7-9(16(19,20)21)5-12(18)14(24)22-8/h2-7H,1H3,(H,23,25). The lowest BCUT2D eigenvalue weighted by Gasteiger charge is -2.10. The molecule has 0 aliphatic rings. The molecule has 0 aliphatic carbocycles. The average Bonchev–Trinajstić information content (AvgIpc) is 2.83. The number of fused-ring (bicyclic) bond motifs is 1. The number of pyridine rings is 1. The van der Waals surface area contributed by atoms with E-state index in [-0.39, 0.29) is 22.1 Å². The summed E-state index contributed by atoms with van der Waals surface area (Å²) in [6, 6.07) is 7.63. The van der Waals surface area contributed by atoms with E-state index in [1.807, 2.05) is 0 Å². The molecule has 1 N–H and O–H groups in total. The van der Waals surface area contributed by atoms with Gasteiger partial charge in [-0.1, -0.05) is 33.6 Å². The van der Waals surface area contributed by atoms with Crippen molar-refractivity contribution in [2.24, 2.45) is 0 Å². The third-order valence-electron chi connectivity index (χ3n) is 3.47. The summed E-state index contributed by atoms with van der Waals surface area (Å²) >= 11 is 9.20. The molecule has 0 saturated heterocycles. The fraction of sp³-hybridized carbons (Fsp3) is 0.125. The van der Waals surface area contributed by atoms with E-state index in [2.05, 4.69) is 26.2 Å². The topological polar surface area (TPSA) is 46.4 Å². The van der Waals surface area contributed by atoms with Crippen molar-refractivity contribution in [2.45, 2.75) is 13.1 Å². The van der Waals surface area contributed by atoms with Crippen molar-refractivity contribution in [3.8, 4) is 0 Å². The summed E-state index contributed by atoms with van der Waals surface area (Å²) in [5.41, 5.74) is -0.117. The van der Waals surface area contributed by atoms with Gasteiger partial charge in [-0.25, -0.2) is 4.98 Å². The van der Waals surface area contributed by atoms with Crippen molar-refractivity contribution in [3.63, 3.8) is 0 Å². The van der Waals surface area contributed by atoms with Crippen LogP contribution in [-0.4, -0.2) is 15.3 Å². The number of rotatable bonds is 2. The molecule has 4 nitrogen and oxygen atoms in total. The van der Waals surface area contributed by atoms with E-state index >= 15 is 0 Å². The number of nitrogens with one attached hydrogen (secondary N) is 1. The third kappa shape index (κ3) is 3.50. The summed E-state index contributed by atoms with van der Waals surface area (Å²) in [5, 5.41) is 2.46. The minimum absolute atomic E-state index is 0.0111. The lowest BCUT2D eigenvalue weighted by Crippen LogP contribution is -2.16. The smallest absolute Gasteiger partial charge is 0.321 e. The molecule has 9 heteroatoms. The molecule has 0 spiro atoms. The van der Waals surface area contributed by atoms with Gasteiger partial charge in [0, 0.05) is 16.4 Å². The second-order valence-corrected chi connectivity index (χ2v) is 6.60. The lowest BCUT2D eigenvalue weighted by atomic mass is 10.2. The van der Waals surface area contributed by atoms with E-state index < -0.39 is 17.6 Å². The zero-order valence-corrected chi connectivity index (χ0v) is 15.0. The number of aromatic nitrogens is 2. The van der Waals surface area contributed by atoms with Crippen molar-refractivity contribution >= 4 is 44.8 Å². The van der Waals surface area contributed by atoms with Crippen LogP contribution in [0.3, 0.4) is 0 Å². The highest BCUT2D eigenvalue weighted by Gasteiger charge is 2.32. The number of benzene rings is 1. The van der Waals surface area contributed by atoms with E-state index in [0.717, 1.165) is 21.1 Å². The highest BCUT2D eigenvalue weighted by atomic mass is 79.9. The van der Waals surface area contributed by atoms with Crippen molar-refractivity contribution in [1.29, 1.82) is 0 Å². The first-order valence-electron chi connectivity index (χ1n) is 6.99. The zero-order valence-electron chi connectivity index (χ0n) is 12.7. The van der Waals surface area contributed by atoms with Crippen molar-refractivity contribution in [2.75, 3.05) is 5.32 Å². The molecule has 2 heterocycles. The summed E-state index contributed by atoms with van der Waals surface area (Å²) in [4.78, 5) is 16.7. The number of hydrogen-bond donors (Lipinski definition) is 1. The maximum Gasteiger partial charge on any atom is 0.417 e. The van der Waals surface area contributed by atoms with Crippen LogP contribution in [0.5, 0.6) is 0 Å². The van der Waals surface area contributed by atoms with E-state index in [9.17, 15) is 18.0 Å². The number of amides is 1. The lowest BCUT2D eigenvalue weighted by molar-refractivity contribution is -0.137. The first kappa shape index (κ1) is 17.8. The molecule has 0 radical (unpaired) electrons. The number of anilines is 1. The number of hydrogen-bond acceptors (Lipinski definition) is 2. The fourth-order valence-electron chi connectivity index (χ4n) is 2.40. The van der Waals surface area contributed by atoms with E-state index in [1.165, 1.54) is 6.92 Å². The number of nitrogens with zero attached hydrogens (tertiary/aromatic N) is 2. The van der Waals surface area contributed by atoms with Gasteiger partial charge in [0.25, 0.3) is 5.91 Å². The van der Waals surface area contributed by atoms with Gasteiger partial charge in [0.15, 0.2) is 5.65 Å². The first-order valence-corrected chi connectivity index (χ1v) is 8.16. The first-order chi connectivity index (χ1) is 11.7. The average molecular weight is 433 g/mol. The molecule has 3 rings (SSSR count). The van der Waals surface area contributed by atoms with Gasteiger partial charge in [0.1, 0.15) is 5.69 Å². The molecule has 0 unspecified atom stereocenters. The van der Waals surface area contributed by atoms with Crippen molar-refractivity contribution in [3.05, 3.63) is 63.0 Å². The van der Waals surface area contributed by atoms with Gasteiger partial charge in [-0.05, 0) is 31.2 Å². The quantitative estimate of drug-likeness (QED) is 0.595. The summed E-state index contributed by atoms with van der Waals surface area (Å²) in [6.45, 7) is 1.53. The van der Waals surface area contributed by atoms with Crippen LogP contribution < -0.4 is 5.32 Å². The van der Waals surface area contributed by atoms with Crippen LogP contribution in [0.25, 0.3) is 5.65 Å². The highest BCUT2D eigenvalue weighted by molar-refractivity contribution is 9.10. The number of imidazole rings is 1. The van der Waals surface area contributed by atoms with Crippen molar-refractivity contribution < 1.29 is 18.0 Å². The molecule has 1 aromatic carbocycles. The van der Waals surface area contributed by atoms with Gasteiger partial charge in [0.2, 0.25) is 0 Å². The fourth-order valence-corrected chi connectivity index (χ4v) is 3.05. The Balaban J connectivity index is 2.10. The Bertz CT molecular complexity index is 985. The number of halogens is 5. The highest BCUT2D eigenvalue weighted by Crippen LogP contribution is 2.33. The third-order valence-corrected chi connectivity index (χ3v) is 4.25. The molecule has 3 aromatic rings. The van der Waals surface area contributed by atoms with E-state index in [0.29, 0.717) is 5.69 Å². The number of aryl methyl sites for hydroxylation is 1. The predicted octanol–water partition coefficient (Wildman–Crippen LogP) is 5.33. The normalized spacial score (nSPS) is 11.8. The van der Waals surface area contributed by atoms with Crippen LogP contribution in [0, 0.1) is 6.92 Å². The van der Waals surface area contributed by atoms with Gasteiger partial charge < -0.3 is 5.32 Å². The molecule has 0 saturated carbocycles. The van der Waals surface area contributed by atoms with Crippen LogP contribution in [0.1, 0.15) is 21.7 Å². The molecule has 2 aromatic heterocycles. The van der Waals surface area contributed by atoms with Crippen LogP contribution in [0.4, 0.5) is 18.9 Å². The number of carbonyl (C=O) groups excluding carboxylic acids is 1. The summed E-state index contributed by atoms with van der Waals surface area (Å²) in [5.74, 6) is -0.585. The zero-order chi connectivity index (χ0) is 18.4. The van der Waals surface area contributed by atoms with Gasteiger partial charge in [0.05, 0.1) is 16.3 Å². The van der Waals surface area contributed by atoms with Gasteiger partial charge in [-0.2, -0.15) is 13.2 Å². The van der Waals surface area contributed by atoms with Gasteiger partial charge >= 0.3 is 6.18 Å². The summed E-state index contributed by atoms with van der Waals surface area (Å²) < 4.78 is 40.9. The van der Waals surface area contributed by atoms with Crippen LogP contribution in [0.15, 0.2) is 41.0 Å². The Morgan fingerprint density at radius 2 is 2.04 bits per heavy atom. The second-order valence-electron chi connectivity index (χ2n) is 5.28. The molecule has 0 atom stereocenters. The molecule has 130 valence electrons. The summed E-state index contributed by atoms with van der Waals surface area (Å²) in [7, 11) is 0. The van der Waals surface area contributed by atoms with E-state index in [4.69, 9.17) is 11.6 Å². The molecular weight excluding hydrogens is 423 g/mol. The Morgan fingerprint density at radius 1 is 1.32 bits per heavy atom. The number of alkyl halides is 3. The van der Waals surface area contributed by atoms with E-state index in [1.54, 1.807) is 24.3 Å². The summed E-state index contributed by atoms with van der Waals surface area (Å²) in [6.07, 6.45) is -3.77. The van der Waals surface area contributed by atoms with Crippen LogP contribution >= 0.6 is 27.5 Å². The Morgan fingerprint density at radius 3 is 2.68 bits per heavy atom. The Labute approximate surface area is 153 Å². The second kappa shape index (κ2) is 6.34. The SMILES string of the molecule is Cc1nc2c(Cl)cc(C(F)(F)F)cn2c1C(=O)Nc1cccc(Br)c1. The minimum atomic E-state index is -4.59. The predicted molar refractivity (Wildman–Crippen MR) is 92.0 cm³/mol. The molecule has 25 heavy (non-hydrogen) atoms. The molecular formula is C16H10BrClF3N3O. The maximum absolute atomic E-state index is 13.0. The van der Waals surface area contributed by atoms with Crippen LogP contribution in [-0.2, 0) is 6.18 Å². The van der Waals surface area contributed by atoms with Gasteiger partial charge in [-0.15, -0.1) is 0 Å². The van der Waals surface area contributed by atoms with Crippen molar-refractivity contribution in [1.82, 2.24) is 9.38 Å². The maximum atomic E-state index is 13.0. The molecule has 0 aliphatic heterocycles. The minimum Gasteiger partial charge on any atom is -0.321 e. The molecule has 0 fully saturated rings. The molecule has 0 bridgehead atoms. The van der Waals surface area contributed by atoms with Gasteiger partial charge in [-0.3, -0.25) is 9.20 Å².